The van der Waals surface area contributed by atoms with E-state index < -0.39 is 0 Å². The molecule has 2 saturated carbocycles. The van der Waals surface area contributed by atoms with Crippen LogP contribution in [-0.2, 0) is 25.8 Å². The van der Waals surface area contributed by atoms with Crippen LogP contribution in [0.1, 0.15) is 178 Å². The second-order valence-corrected chi connectivity index (χ2v) is 22.3. The molecule has 0 atom stereocenters. The van der Waals surface area contributed by atoms with E-state index in [-0.39, 0.29) is 19.2 Å². The molecule has 12 rings (SSSR count). The minimum atomic E-state index is 0. The molecule has 0 bridgehead atoms. The van der Waals surface area contributed by atoms with E-state index in [4.69, 9.17) is 21.7 Å². The predicted octanol–water partition coefficient (Wildman–Crippen LogP) is 11.5. The Kier molecular flexibility index (Phi) is 15.6. The van der Waals surface area contributed by atoms with Gasteiger partial charge in [-0.15, -0.1) is 6.42 Å². The van der Waals surface area contributed by atoms with Gasteiger partial charge in [-0.3, -0.25) is 9.59 Å². The first kappa shape index (κ1) is 51.7. The molecule has 2 amide bonds. The molecule has 11 nitrogen and oxygen atoms in total. The van der Waals surface area contributed by atoms with Crippen LogP contribution in [0.15, 0.2) is 78.9 Å². The molecule has 0 radical (unpaired) electrons. The minimum Gasteiger partial charge on any atom is -0.342 e. The summed E-state index contributed by atoms with van der Waals surface area (Å²) < 4.78 is 0. The van der Waals surface area contributed by atoms with Gasteiger partial charge in [-0.2, -0.15) is 5.26 Å². The number of fused-ring (bicyclic) bond motifs is 2. The lowest BCUT2D eigenvalue weighted by molar-refractivity contribution is 0.0705. The number of nitriles is 1. The molecule has 6 heterocycles. The molecule has 4 aliphatic heterocycles. The van der Waals surface area contributed by atoms with Gasteiger partial charge in [-0.05, 0) is 166 Å². The van der Waals surface area contributed by atoms with Gasteiger partial charge in [0.25, 0.3) is 11.8 Å². The third-order valence-electron chi connectivity index (χ3n) is 17.5. The molecule has 6 aromatic rings. The number of aromatic nitrogens is 4. The van der Waals surface area contributed by atoms with E-state index in [0.29, 0.717) is 29.2 Å². The molecule has 0 unspecified atom stereocenters. The lowest BCUT2D eigenvalue weighted by Gasteiger charge is -2.33. The molecule has 6 aliphatic rings. The van der Waals surface area contributed by atoms with Gasteiger partial charge in [0.15, 0.2) is 0 Å². The van der Waals surface area contributed by atoms with Crippen LogP contribution in [0.2, 0.25) is 0 Å². The number of rotatable bonds is 8. The summed E-state index contributed by atoms with van der Waals surface area (Å²) >= 11 is 0. The molecule has 4 aromatic carbocycles. The average Bonchev–Trinajstić information content (AvgIpc) is 3.98. The second kappa shape index (κ2) is 22.6. The van der Waals surface area contributed by atoms with Gasteiger partial charge in [0.1, 0.15) is 11.6 Å². The van der Waals surface area contributed by atoms with Crippen molar-refractivity contribution < 1.29 is 9.59 Å². The molecule has 2 N–H and O–H groups in total. The van der Waals surface area contributed by atoms with Crippen molar-refractivity contribution in [3.63, 3.8) is 0 Å². The van der Waals surface area contributed by atoms with Gasteiger partial charge in [-0.1, -0.05) is 62.6 Å². The zero-order chi connectivity index (χ0) is 50.9. The van der Waals surface area contributed by atoms with Crippen molar-refractivity contribution in [1.82, 2.24) is 39.5 Å². The highest BCUT2D eigenvalue weighted by Crippen LogP contribution is 2.44. The number of nitrogens with one attached hydrogen (secondary N) is 2. The summed E-state index contributed by atoms with van der Waals surface area (Å²) in [6.07, 6.45) is 19.7. The van der Waals surface area contributed by atoms with Gasteiger partial charge in [0, 0.05) is 105 Å². The highest BCUT2D eigenvalue weighted by Gasteiger charge is 2.32. The minimum absolute atomic E-state index is 0. The molecule has 388 valence electrons. The smallest absolute Gasteiger partial charge is 0.254 e. The summed E-state index contributed by atoms with van der Waals surface area (Å²) in [6.45, 7) is 9.18. The molecule has 2 aromatic heterocycles. The number of aromatic amines is 2. The van der Waals surface area contributed by atoms with Gasteiger partial charge >= 0.3 is 0 Å². The Balaban J connectivity index is 0.000000169. The standard InChI is InChI=1S/C32H36N4O.C31H35N5O.CH4/c1-4-22-8-10-23(11-9-22)24-12-16-36(17-13-24)32(37)26-19-28(27(18-21(26)2)25-6-5-7-25)31-33-29-14-15-35(3)20-30(29)34-31;1-35-15-13-28-29(14-16-35)34-30(33-28)27-19-25(9-10-26(27)24-3-2-4-24)31(37)36-17-11-23(12-18-36)22-7-5-21(20-32)6-8-22;/h1,8-11,18-19,24-25H,5-7,12-17,20H2,2-3H3,(H,33,34);5-10,19,23-24H,2-4,11-18H2,1H3,(H,33,34);1H4. The fraction of sp³-hybridized carbons (Fsp3) is 0.453. The van der Waals surface area contributed by atoms with Crippen LogP contribution in [0.4, 0.5) is 0 Å². The predicted molar refractivity (Wildman–Crippen MR) is 299 cm³/mol. The SMILES string of the molecule is C.C#Cc1ccc(C2CCN(C(=O)c3cc(-c4nc5c([nH]4)CN(C)CC5)c(C4CCC4)cc3C)CC2)cc1.CN1CCc2nc(-c3cc(C(=O)N4CCC(c5ccc(C#N)cc5)CC4)ccc3C3CCC3)[nH]c2CC1. The Labute approximate surface area is 445 Å². The first-order valence-electron chi connectivity index (χ1n) is 27.6. The number of aryl methyl sites for hydroxylation is 1. The van der Waals surface area contributed by atoms with Crippen LogP contribution in [0.3, 0.4) is 0 Å². The van der Waals surface area contributed by atoms with E-state index in [2.05, 4.69) is 101 Å². The van der Waals surface area contributed by atoms with Crippen LogP contribution >= 0.6 is 0 Å². The first-order valence-corrected chi connectivity index (χ1v) is 27.6. The number of hydrogen-bond donors (Lipinski definition) is 2. The van der Waals surface area contributed by atoms with Crippen molar-refractivity contribution in [1.29, 1.82) is 5.26 Å². The van der Waals surface area contributed by atoms with Crippen LogP contribution < -0.4 is 0 Å². The van der Waals surface area contributed by atoms with E-state index in [1.54, 1.807) is 0 Å². The second-order valence-electron chi connectivity index (χ2n) is 22.3. The summed E-state index contributed by atoms with van der Waals surface area (Å²) in [5, 5.41) is 9.06. The van der Waals surface area contributed by atoms with Gasteiger partial charge < -0.3 is 29.6 Å². The Bertz CT molecular complexity index is 3070. The number of terminal acetylenes is 1. The highest BCUT2D eigenvalue weighted by molar-refractivity contribution is 5.97. The fourth-order valence-corrected chi connectivity index (χ4v) is 12.3. The van der Waals surface area contributed by atoms with Gasteiger partial charge in [-0.25, -0.2) is 9.97 Å². The quantitative estimate of drug-likeness (QED) is 0.145. The maximum absolute atomic E-state index is 13.8. The lowest BCUT2D eigenvalue weighted by atomic mass is 9.77. The van der Waals surface area contributed by atoms with Crippen molar-refractivity contribution in [3.05, 3.63) is 152 Å². The van der Waals surface area contributed by atoms with Gasteiger partial charge in [0.05, 0.1) is 28.7 Å². The summed E-state index contributed by atoms with van der Waals surface area (Å²) in [7, 11) is 4.32. The Morgan fingerprint density at radius 1 is 0.587 bits per heavy atom. The summed E-state index contributed by atoms with van der Waals surface area (Å²) in [5.41, 5.74) is 16.6. The molecular weight excluding hydrogens is 927 g/mol. The zero-order valence-corrected chi connectivity index (χ0v) is 43.7. The third-order valence-corrected chi connectivity index (χ3v) is 17.5. The summed E-state index contributed by atoms with van der Waals surface area (Å²) in [5.74, 6) is 6.88. The molecule has 75 heavy (non-hydrogen) atoms. The maximum Gasteiger partial charge on any atom is 0.254 e. The Hall–Kier alpha value is -6.79. The summed E-state index contributed by atoms with van der Waals surface area (Å²) in [4.78, 5) is 53.5. The fourth-order valence-electron chi connectivity index (χ4n) is 12.3. The number of nitrogens with zero attached hydrogens (tertiary/aromatic N) is 7. The molecule has 4 fully saturated rings. The summed E-state index contributed by atoms with van der Waals surface area (Å²) in [6, 6.07) is 29.2. The number of amides is 2. The number of H-pyrrole nitrogens is 2. The number of carbonyl (C=O) groups excluding carboxylic acids is 2. The zero-order valence-electron chi connectivity index (χ0n) is 43.7. The highest BCUT2D eigenvalue weighted by atomic mass is 16.2. The normalized spacial score (nSPS) is 18.7. The van der Waals surface area contributed by atoms with E-state index in [9.17, 15) is 9.59 Å². The van der Waals surface area contributed by atoms with Crippen molar-refractivity contribution in [3.8, 4) is 41.2 Å². The molecule has 0 spiro atoms. The number of carbonyl (C=O) groups is 2. The number of likely N-dealkylation sites (N-methyl/N-ethyl adjacent to an activating group) is 2. The third kappa shape index (κ3) is 11.0. The van der Waals surface area contributed by atoms with Crippen LogP contribution in [0.5, 0.6) is 0 Å². The van der Waals surface area contributed by atoms with E-state index >= 15 is 0 Å². The average molecular weight is 1000 g/mol. The van der Waals surface area contributed by atoms with E-state index in [1.165, 1.54) is 83.6 Å². The number of imidazole rings is 2. The molecule has 2 aliphatic carbocycles. The largest absolute Gasteiger partial charge is 0.342 e. The maximum atomic E-state index is 13.8. The Morgan fingerprint density at radius 2 is 1.11 bits per heavy atom. The van der Waals surface area contributed by atoms with Crippen molar-refractivity contribution in [2.45, 2.75) is 128 Å². The molecule has 11 heteroatoms. The van der Waals surface area contributed by atoms with Crippen LogP contribution in [-0.4, -0.2) is 111 Å². The van der Waals surface area contributed by atoms with E-state index in [1.807, 2.05) is 40.1 Å². The van der Waals surface area contributed by atoms with Crippen molar-refractivity contribution in [2.24, 2.45) is 0 Å². The van der Waals surface area contributed by atoms with Crippen LogP contribution in [0.25, 0.3) is 22.8 Å². The van der Waals surface area contributed by atoms with Crippen LogP contribution in [0, 0.1) is 30.6 Å². The van der Waals surface area contributed by atoms with Crippen molar-refractivity contribution >= 4 is 11.8 Å². The van der Waals surface area contributed by atoms with Gasteiger partial charge in [0.2, 0.25) is 0 Å². The number of piperidine rings is 2. The molecular formula is C64H75N9O2. The number of hydrogen-bond acceptors (Lipinski definition) is 7. The Morgan fingerprint density at radius 3 is 1.68 bits per heavy atom. The van der Waals surface area contributed by atoms with E-state index in [0.717, 1.165) is 142 Å². The first-order chi connectivity index (χ1) is 36.1. The number of benzene rings is 4. The molecule has 2 saturated heterocycles. The lowest BCUT2D eigenvalue weighted by Crippen LogP contribution is -2.38. The van der Waals surface area contributed by atoms with Crippen molar-refractivity contribution in [2.75, 3.05) is 59.9 Å². The monoisotopic (exact) mass is 1000 g/mol. The number of likely N-dealkylation sites (tertiary alicyclic amines) is 2. The topological polar surface area (TPSA) is 128 Å².